The van der Waals surface area contributed by atoms with Gasteiger partial charge in [0.05, 0.1) is 0 Å². The minimum atomic E-state index is -0.00630. The van der Waals surface area contributed by atoms with E-state index in [0.29, 0.717) is 5.76 Å². The zero-order valence-corrected chi connectivity index (χ0v) is 22.6. The first-order valence-electron chi connectivity index (χ1n) is 11.1. The van der Waals surface area contributed by atoms with Crippen LogP contribution < -0.4 is 5.30 Å². The van der Waals surface area contributed by atoms with Gasteiger partial charge in [0, 0.05) is 5.57 Å². The summed E-state index contributed by atoms with van der Waals surface area (Å²) < 4.78 is 0. The van der Waals surface area contributed by atoms with Crippen molar-refractivity contribution >= 4 is 20.1 Å². The van der Waals surface area contributed by atoms with Crippen LogP contribution >= 0.6 is 9.24 Å². The normalized spacial score (nSPS) is 15.2. The number of allylic oxidation sites excluding steroid dienone is 5. The molecule has 1 rings (SSSR count). The van der Waals surface area contributed by atoms with Gasteiger partial charge < -0.3 is 5.11 Å². The van der Waals surface area contributed by atoms with E-state index in [9.17, 15) is 5.11 Å². The Bertz CT molecular complexity index is 844. The molecule has 0 saturated heterocycles. The molecule has 0 fully saturated rings. The van der Waals surface area contributed by atoms with Crippen LogP contribution in [0.25, 0.3) is 5.57 Å². The lowest BCUT2D eigenvalue weighted by Crippen LogP contribution is -2.25. The number of aliphatic hydroxyl groups is 1. The molecule has 168 valence electrons. The van der Waals surface area contributed by atoms with E-state index in [0.717, 1.165) is 16.4 Å². The molecule has 1 atom stereocenters. The second-order valence-corrected chi connectivity index (χ2v) is 12.4. The van der Waals surface area contributed by atoms with Crippen LogP contribution in [-0.4, -0.2) is 5.11 Å². The monoisotopic (exact) mass is 428 g/mol. The average molecular weight is 429 g/mol. The number of benzene rings is 1. The minimum Gasteiger partial charge on any atom is -0.508 e. The summed E-state index contributed by atoms with van der Waals surface area (Å²) in [7, 11) is 2.96. The van der Waals surface area contributed by atoms with E-state index in [2.05, 4.69) is 117 Å². The summed E-state index contributed by atoms with van der Waals surface area (Å²) in [5, 5.41) is 12.4. The highest BCUT2D eigenvalue weighted by Gasteiger charge is 2.26. The molecule has 0 saturated carbocycles. The zero-order valence-electron chi connectivity index (χ0n) is 21.5. The van der Waals surface area contributed by atoms with Crippen LogP contribution in [0, 0.1) is 11.3 Å². The van der Waals surface area contributed by atoms with Crippen molar-refractivity contribution in [1.82, 2.24) is 0 Å². The summed E-state index contributed by atoms with van der Waals surface area (Å²) in [6.07, 6.45) is 6.28. The van der Waals surface area contributed by atoms with E-state index in [-0.39, 0.29) is 22.2 Å². The second kappa shape index (κ2) is 9.44. The van der Waals surface area contributed by atoms with Crippen LogP contribution in [0.15, 0.2) is 41.7 Å². The highest BCUT2D eigenvalue weighted by Crippen LogP contribution is 2.36. The molecule has 1 N–H and O–H groups in total. The highest BCUT2D eigenvalue weighted by atomic mass is 31.0. The summed E-state index contributed by atoms with van der Waals surface area (Å²) in [6.45, 7) is 26.4. The molecule has 1 aromatic rings. The molecule has 1 nitrogen and oxygen atoms in total. The van der Waals surface area contributed by atoms with Gasteiger partial charge in [0.1, 0.15) is 5.76 Å². The van der Waals surface area contributed by atoms with Crippen LogP contribution in [0.4, 0.5) is 0 Å². The third kappa shape index (κ3) is 6.84. The smallest absolute Gasteiger partial charge is 0.119 e. The molecule has 0 aromatic heterocycles. The van der Waals surface area contributed by atoms with Crippen LogP contribution in [-0.2, 0) is 10.8 Å². The molecule has 0 bridgehead atoms. The van der Waals surface area contributed by atoms with Crippen molar-refractivity contribution in [2.24, 2.45) is 11.3 Å². The highest BCUT2D eigenvalue weighted by molar-refractivity contribution is 7.27. The van der Waals surface area contributed by atoms with E-state index < -0.39 is 0 Å². The Morgan fingerprint density at radius 2 is 1.47 bits per heavy atom. The number of aliphatic hydroxyl groups excluding tert-OH is 1. The van der Waals surface area contributed by atoms with Crippen molar-refractivity contribution in [3.05, 3.63) is 58.4 Å². The average Bonchev–Trinajstić information content (AvgIpc) is 2.52. The molecule has 2 heteroatoms. The predicted molar refractivity (Wildman–Crippen MR) is 140 cm³/mol. The molecule has 1 aromatic carbocycles. The van der Waals surface area contributed by atoms with Gasteiger partial charge in [0.15, 0.2) is 0 Å². The second-order valence-electron chi connectivity index (χ2n) is 11.8. The van der Waals surface area contributed by atoms with Gasteiger partial charge >= 0.3 is 0 Å². The molecule has 30 heavy (non-hydrogen) atoms. The largest absolute Gasteiger partial charge is 0.508 e. The van der Waals surface area contributed by atoms with Gasteiger partial charge in [-0.25, -0.2) is 0 Å². The molecule has 0 amide bonds. The van der Waals surface area contributed by atoms with Gasteiger partial charge in [-0.1, -0.05) is 88.3 Å². The van der Waals surface area contributed by atoms with Crippen molar-refractivity contribution in [2.45, 2.75) is 93.9 Å². The van der Waals surface area contributed by atoms with Crippen LogP contribution in [0.2, 0.25) is 0 Å². The topological polar surface area (TPSA) is 20.2 Å². The molecule has 0 spiro atoms. The van der Waals surface area contributed by atoms with Gasteiger partial charge in [-0.2, -0.15) is 0 Å². The summed E-state index contributed by atoms with van der Waals surface area (Å²) >= 11 is 0. The fraction of sp³-hybridized carbons (Fsp3) is 0.571. The lowest BCUT2D eigenvalue weighted by atomic mass is 9.77. The van der Waals surface area contributed by atoms with Crippen molar-refractivity contribution in [2.75, 3.05) is 0 Å². The Morgan fingerprint density at radius 3 is 1.83 bits per heavy atom. The van der Waals surface area contributed by atoms with E-state index in [1.165, 1.54) is 16.7 Å². The predicted octanol–water partition coefficient (Wildman–Crippen LogP) is 8.26. The maximum absolute atomic E-state index is 11.2. The third-order valence-electron chi connectivity index (χ3n) is 5.39. The summed E-state index contributed by atoms with van der Waals surface area (Å²) in [5.74, 6) is 0.612. The lowest BCUT2D eigenvalue weighted by Gasteiger charge is -2.29. The van der Waals surface area contributed by atoms with Gasteiger partial charge in [0.25, 0.3) is 0 Å². The van der Waals surface area contributed by atoms with Crippen LogP contribution in [0.1, 0.15) is 99.8 Å². The van der Waals surface area contributed by atoms with Gasteiger partial charge in [-0.05, 0) is 74.9 Å². The molecular formula is C28H45OP. The summed E-state index contributed by atoms with van der Waals surface area (Å²) in [5.41, 5.74) is 5.80. The van der Waals surface area contributed by atoms with Crippen molar-refractivity contribution in [3.8, 4) is 0 Å². The molecule has 0 heterocycles. The lowest BCUT2D eigenvalue weighted by molar-refractivity contribution is 0.431. The maximum atomic E-state index is 11.2. The van der Waals surface area contributed by atoms with E-state index >= 15 is 0 Å². The first-order chi connectivity index (χ1) is 13.4. The standard InChI is InChI=1S/C28H45OP/c1-13-19(26(4,5)6)15-21(24(29)14-18(2)3)22-16-20(27(7,8)9)17-23(25(22)30)28(10,11)12/h13-18,29H,30H2,1-12H3/b19-13+,21-15-,24-14-. The number of hydrogen-bond acceptors (Lipinski definition) is 1. The number of rotatable bonds is 4. The third-order valence-corrected chi connectivity index (χ3v) is 6.01. The summed E-state index contributed by atoms with van der Waals surface area (Å²) in [4.78, 5) is 0. The first kappa shape index (κ1) is 26.7. The summed E-state index contributed by atoms with van der Waals surface area (Å²) in [6, 6.07) is 4.61. The van der Waals surface area contributed by atoms with Crippen molar-refractivity contribution in [1.29, 1.82) is 0 Å². The van der Waals surface area contributed by atoms with Gasteiger partial charge in [-0.15, -0.1) is 9.24 Å². The van der Waals surface area contributed by atoms with Gasteiger partial charge in [-0.3, -0.25) is 0 Å². The first-order valence-corrected chi connectivity index (χ1v) is 11.7. The van der Waals surface area contributed by atoms with Crippen molar-refractivity contribution in [3.63, 3.8) is 0 Å². The molecule has 1 unspecified atom stereocenters. The molecule has 0 aliphatic carbocycles. The van der Waals surface area contributed by atoms with Crippen molar-refractivity contribution < 1.29 is 5.11 Å². The quantitative estimate of drug-likeness (QED) is 0.291. The van der Waals surface area contributed by atoms with E-state index in [4.69, 9.17) is 0 Å². The van der Waals surface area contributed by atoms with Crippen LogP contribution in [0.3, 0.4) is 0 Å². The van der Waals surface area contributed by atoms with E-state index in [1.807, 2.05) is 6.08 Å². The SMILES string of the molecule is C\C=C(/C=C(\C(O)=C\C(C)C)c1cc(C(C)(C)C)cc(C(C)(C)C)c1P)C(C)(C)C. The molecular weight excluding hydrogens is 383 g/mol. The zero-order chi connectivity index (χ0) is 23.7. The number of hydrogen-bond donors (Lipinski definition) is 1. The van der Waals surface area contributed by atoms with E-state index in [1.54, 1.807) is 0 Å². The molecule has 0 aliphatic heterocycles. The Balaban J connectivity index is 4.06. The fourth-order valence-electron chi connectivity index (χ4n) is 3.51. The fourth-order valence-corrected chi connectivity index (χ4v) is 4.27. The molecule has 0 aliphatic rings. The Hall–Kier alpha value is -1.33. The Kier molecular flexibility index (Phi) is 8.40. The maximum Gasteiger partial charge on any atom is 0.119 e. The molecule has 0 radical (unpaired) electrons. The van der Waals surface area contributed by atoms with Gasteiger partial charge in [0.2, 0.25) is 0 Å². The Labute approximate surface area is 189 Å². The van der Waals surface area contributed by atoms with Crippen LogP contribution in [0.5, 0.6) is 0 Å². The minimum absolute atomic E-state index is 0.00301. The Morgan fingerprint density at radius 1 is 0.933 bits per heavy atom.